The van der Waals surface area contributed by atoms with Crippen molar-refractivity contribution in [3.05, 3.63) is 29.8 Å². The highest BCUT2D eigenvalue weighted by atomic mass is 19.3. The van der Waals surface area contributed by atoms with Gasteiger partial charge >= 0.3 is 11.8 Å². The van der Waals surface area contributed by atoms with E-state index in [4.69, 9.17) is 14.6 Å². The van der Waals surface area contributed by atoms with E-state index >= 15 is 0 Å². The Labute approximate surface area is 169 Å². The van der Waals surface area contributed by atoms with Gasteiger partial charge in [0.1, 0.15) is 24.1 Å². The Morgan fingerprint density at radius 1 is 1.33 bits per heavy atom. The monoisotopic (exact) mass is 435 g/mol. The lowest BCUT2D eigenvalue weighted by Gasteiger charge is -2.46. The summed E-state index contributed by atoms with van der Waals surface area (Å²) in [5, 5.41) is 51.7. The summed E-state index contributed by atoms with van der Waals surface area (Å²) in [5.41, 5.74) is -0.632. The SMILES string of the molecule is CC(=O)NC1C(O)CC(Oc2ccccc2C(F)F)(C(=O)O)OC1[C@H](O)[C@H](O)CO. The number of ether oxygens (including phenoxy) is 2. The third-order valence-electron chi connectivity index (χ3n) is 4.62. The number of carboxylic acids is 1. The van der Waals surface area contributed by atoms with Crippen molar-refractivity contribution in [3.63, 3.8) is 0 Å². The van der Waals surface area contributed by atoms with Crippen molar-refractivity contribution in [2.75, 3.05) is 6.61 Å². The lowest BCUT2D eigenvalue weighted by molar-refractivity contribution is -0.284. The van der Waals surface area contributed by atoms with Gasteiger partial charge in [0.25, 0.3) is 6.43 Å². The number of rotatable bonds is 8. The molecule has 0 radical (unpaired) electrons. The van der Waals surface area contributed by atoms with Crippen LogP contribution in [0.25, 0.3) is 0 Å². The first kappa shape index (κ1) is 23.9. The van der Waals surface area contributed by atoms with Crippen molar-refractivity contribution in [3.8, 4) is 5.75 Å². The fraction of sp³-hybridized carbons (Fsp3) is 0.556. The Hall–Kier alpha value is -2.38. The number of alkyl halides is 2. The summed E-state index contributed by atoms with van der Waals surface area (Å²) in [4.78, 5) is 23.5. The molecule has 6 N–H and O–H groups in total. The third kappa shape index (κ3) is 5.02. The van der Waals surface area contributed by atoms with Gasteiger partial charge in [-0.2, -0.15) is 0 Å². The van der Waals surface area contributed by atoms with Crippen LogP contribution in [0.15, 0.2) is 24.3 Å². The Balaban J connectivity index is 2.47. The standard InChI is InChI=1S/C18H23F2NO9/c1-8(23)21-13-10(24)6-18(17(27)28,30-15(13)14(26)11(25)7-22)29-12-5-3-2-4-9(12)16(19)20/h2-5,10-11,13-16,22,24-26H,6-7H2,1H3,(H,21,23)(H,27,28)/t10?,11-,13?,14-,15?,18?/m1/s1. The summed E-state index contributed by atoms with van der Waals surface area (Å²) in [6.45, 7) is 0.145. The van der Waals surface area contributed by atoms with Crippen LogP contribution in [0.3, 0.4) is 0 Å². The van der Waals surface area contributed by atoms with Gasteiger partial charge in [0, 0.05) is 6.92 Å². The molecule has 1 fully saturated rings. The van der Waals surface area contributed by atoms with Gasteiger partial charge in [-0.15, -0.1) is 0 Å². The number of aliphatic carboxylic acids is 1. The molecule has 1 aliphatic rings. The summed E-state index contributed by atoms with van der Waals surface area (Å²) >= 11 is 0. The largest absolute Gasteiger partial charge is 0.476 e. The zero-order chi connectivity index (χ0) is 22.6. The van der Waals surface area contributed by atoms with Crippen molar-refractivity contribution in [1.82, 2.24) is 5.32 Å². The van der Waals surface area contributed by atoms with Gasteiger partial charge < -0.3 is 40.3 Å². The molecule has 1 aliphatic heterocycles. The van der Waals surface area contributed by atoms with Crippen LogP contribution in [-0.2, 0) is 14.3 Å². The maximum Gasteiger partial charge on any atom is 0.377 e. The maximum atomic E-state index is 13.3. The van der Waals surface area contributed by atoms with Crippen LogP contribution in [0.1, 0.15) is 25.3 Å². The topological polar surface area (TPSA) is 166 Å². The smallest absolute Gasteiger partial charge is 0.377 e. The summed E-state index contributed by atoms with van der Waals surface area (Å²) in [6.07, 6.45) is -11.0. The predicted octanol–water partition coefficient (Wildman–Crippen LogP) is -0.848. The van der Waals surface area contributed by atoms with Gasteiger partial charge in [-0.3, -0.25) is 4.79 Å². The maximum absolute atomic E-state index is 13.3. The number of benzene rings is 1. The van der Waals surface area contributed by atoms with Crippen LogP contribution in [0, 0.1) is 0 Å². The van der Waals surface area contributed by atoms with Crippen molar-refractivity contribution in [1.29, 1.82) is 0 Å². The molecule has 168 valence electrons. The molecule has 0 saturated carbocycles. The number of para-hydroxylation sites is 1. The molecule has 12 heteroatoms. The van der Waals surface area contributed by atoms with Crippen LogP contribution in [0.2, 0.25) is 0 Å². The molecule has 1 aromatic rings. The van der Waals surface area contributed by atoms with E-state index in [1.807, 2.05) is 0 Å². The molecule has 0 spiro atoms. The zero-order valence-corrected chi connectivity index (χ0v) is 15.8. The van der Waals surface area contributed by atoms with E-state index in [1.54, 1.807) is 0 Å². The molecule has 1 amide bonds. The Morgan fingerprint density at radius 2 is 1.97 bits per heavy atom. The minimum absolute atomic E-state index is 0.531. The second-order valence-corrected chi connectivity index (χ2v) is 6.82. The highest BCUT2D eigenvalue weighted by molar-refractivity contribution is 5.77. The van der Waals surface area contributed by atoms with E-state index in [9.17, 15) is 38.8 Å². The predicted molar refractivity (Wildman–Crippen MR) is 94.6 cm³/mol. The number of hydrogen-bond acceptors (Lipinski definition) is 8. The molecular formula is C18H23F2NO9. The molecule has 0 aliphatic carbocycles. The highest BCUT2D eigenvalue weighted by Gasteiger charge is 2.56. The van der Waals surface area contributed by atoms with Crippen LogP contribution < -0.4 is 10.1 Å². The van der Waals surface area contributed by atoms with Gasteiger partial charge in [-0.25, -0.2) is 13.6 Å². The number of carbonyl (C=O) groups is 2. The van der Waals surface area contributed by atoms with Crippen molar-refractivity contribution in [2.45, 2.75) is 56.0 Å². The second-order valence-electron chi connectivity index (χ2n) is 6.82. The van der Waals surface area contributed by atoms with Crippen LogP contribution >= 0.6 is 0 Å². The molecule has 2 rings (SSSR count). The number of hydrogen-bond donors (Lipinski definition) is 6. The minimum atomic E-state index is -3.01. The molecule has 30 heavy (non-hydrogen) atoms. The Morgan fingerprint density at radius 3 is 2.50 bits per heavy atom. The van der Waals surface area contributed by atoms with E-state index in [2.05, 4.69) is 5.32 Å². The number of amides is 1. The summed E-state index contributed by atoms with van der Waals surface area (Å²) < 4.78 is 37.2. The van der Waals surface area contributed by atoms with Gasteiger partial charge in [-0.1, -0.05) is 12.1 Å². The van der Waals surface area contributed by atoms with Gasteiger partial charge in [0.15, 0.2) is 0 Å². The van der Waals surface area contributed by atoms with E-state index in [-0.39, 0.29) is 0 Å². The fourth-order valence-corrected chi connectivity index (χ4v) is 3.16. The Kier molecular flexibility index (Phi) is 7.66. The van der Waals surface area contributed by atoms with E-state index < -0.39 is 78.9 Å². The van der Waals surface area contributed by atoms with E-state index in [1.165, 1.54) is 12.1 Å². The molecule has 1 heterocycles. The number of aliphatic hydroxyl groups excluding tert-OH is 4. The first-order valence-electron chi connectivity index (χ1n) is 8.92. The van der Waals surface area contributed by atoms with Crippen molar-refractivity contribution >= 4 is 11.9 Å². The third-order valence-corrected chi connectivity index (χ3v) is 4.62. The number of aliphatic hydroxyl groups is 4. The van der Waals surface area contributed by atoms with Gasteiger partial charge in [-0.05, 0) is 12.1 Å². The lowest BCUT2D eigenvalue weighted by Crippen LogP contribution is -2.68. The minimum Gasteiger partial charge on any atom is -0.476 e. The quantitative estimate of drug-likeness (QED) is 0.305. The normalized spacial score (nSPS) is 28.6. The average molecular weight is 435 g/mol. The van der Waals surface area contributed by atoms with Crippen molar-refractivity contribution in [2.24, 2.45) is 0 Å². The molecule has 0 aromatic heterocycles. The lowest BCUT2D eigenvalue weighted by atomic mass is 9.88. The summed E-state index contributed by atoms with van der Waals surface area (Å²) in [5.74, 6) is -5.73. The van der Waals surface area contributed by atoms with Crippen LogP contribution in [0.4, 0.5) is 8.78 Å². The van der Waals surface area contributed by atoms with Gasteiger partial charge in [0.05, 0.1) is 30.7 Å². The highest BCUT2D eigenvalue weighted by Crippen LogP contribution is 2.37. The zero-order valence-electron chi connectivity index (χ0n) is 15.8. The van der Waals surface area contributed by atoms with Crippen molar-refractivity contribution < 1.29 is 53.4 Å². The van der Waals surface area contributed by atoms with E-state index in [0.717, 1.165) is 19.1 Å². The van der Waals surface area contributed by atoms with Gasteiger partial charge in [0.2, 0.25) is 5.91 Å². The molecule has 4 unspecified atom stereocenters. The van der Waals surface area contributed by atoms with Crippen LogP contribution in [-0.4, -0.2) is 80.3 Å². The molecule has 6 atom stereocenters. The average Bonchev–Trinajstić information content (AvgIpc) is 2.68. The molecule has 1 saturated heterocycles. The second kappa shape index (κ2) is 9.62. The molecule has 1 aromatic carbocycles. The summed E-state index contributed by atoms with van der Waals surface area (Å²) in [7, 11) is 0. The Bertz CT molecular complexity index is 765. The molecule has 10 nitrogen and oxygen atoms in total. The van der Waals surface area contributed by atoms with Crippen LogP contribution in [0.5, 0.6) is 5.75 Å². The first-order valence-corrected chi connectivity index (χ1v) is 8.92. The number of halogens is 2. The number of carboxylic acid groups (broad SMARTS) is 1. The molecular weight excluding hydrogens is 412 g/mol. The fourth-order valence-electron chi connectivity index (χ4n) is 3.16. The number of nitrogens with one attached hydrogen (secondary N) is 1. The first-order chi connectivity index (χ1) is 14.0. The summed E-state index contributed by atoms with van der Waals surface area (Å²) in [6, 6.07) is 3.31. The van der Waals surface area contributed by atoms with E-state index in [0.29, 0.717) is 0 Å². The molecule has 0 bridgehead atoms. The number of carbonyl (C=O) groups excluding carboxylic acids is 1.